The summed E-state index contributed by atoms with van der Waals surface area (Å²) in [6.07, 6.45) is 2.21. The van der Waals surface area contributed by atoms with Crippen molar-refractivity contribution in [3.63, 3.8) is 0 Å². The predicted octanol–water partition coefficient (Wildman–Crippen LogP) is 7.54. The van der Waals surface area contributed by atoms with Gasteiger partial charge in [-0.2, -0.15) is 0 Å². The number of anilines is 3. The minimum absolute atomic E-state index is 1.09. The molecule has 142 valence electrons. The van der Waals surface area contributed by atoms with E-state index in [1.165, 1.54) is 50.4 Å². The van der Waals surface area contributed by atoms with Crippen LogP contribution < -0.4 is 4.90 Å². The highest BCUT2D eigenvalue weighted by molar-refractivity contribution is 5.81. The van der Waals surface area contributed by atoms with Gasteiger partial charge in [-0.3, -0.25) is 0 Å². The molecule has 4 aromatic rings. The minimum atomic E-state index is 1.09. The minimum Gasteiger partial charge on any atom is -0.310 e. The van der Waals surface area contributed by atoms with Gasteiger partial charge in [-0.25, -0.2) is 0 Å². The van der Waals surface area contributed by atoms with Gasteiger partial charge in [-0.1, -0.05) is 65.7 Å². The molecule has 0 fully saturated rings. The van der Waals surface area contributed by atoms with E-state index < -0.39 is 0 Å². The monoisotopic (exact) mass is 375 g/mol. The molecule has 0 unspecified atom stereocenters. The van der Waals surface area contributed by atoms with Crippen LogP contribution in [0.3, 0.4) is 0 Å². The molecule has 0 aliphatic heterocycles. The number of aryl methyl sites for hydroxylation is 4. The summed E-state index contributed by atoms with van der Waals surface area (Å²) < 4.78 is 0. The van der Waals surface area contributed by atoms with Crippen LogP contribution in [0.25, 0.3) is 11.1 Å². The summed E-state index contributed by atoms with van der Waals surface area (Å²) in [5.74, 6) is 0. The van der Waals surface area contributed by atoms with E-state index in [0.717, 1.165) is 12.8 Å². The Balaban J connectivity index is 1.63. The molecule has 0 amide bonds. The highest BCUT2D eigenvalue weighted by Gasteiger charge is 2.19. The van der Waals surface area contributed by atoms with E-state index in [0.29, 0.717) is 0 Å². The fourth-order valence-corrected chi connectivity index (χ4v) is 4.29. The van der Waals surface area contributed by atoms with Crippen molar-refractivity contribution in [2.45, 2.75) is 26.7 Å². The zero-order valence-electron chi connectivity index (χ0n) is 17.0. The van der Waals surface area contributed by atoms with Gasteiger partial charge < -0.3 is 4.90 Å². The van der Waals surface area contributed by atoms with Crippen LogP contribution in [0.1, 0.15) is 22.3 Å². The Morgan fingerprint density at radius 1 is 0.517 bits per heavy atom. The van der Waals surface area contributed by atoms with Gasteiger partial charge in [0, 0.05) is 17.1 Å². The van der Waals surface area contributed by atoms with E-state index in [9.17, 15) is 0 Å². The Morgan fingerprint density at radius 2 is 1.03 bits per heavy atom. The highest BCUT2D eigenvalue weighted by Crippen LogP contribution is 2.40. The number of fused-ring (bicyclic) bond motifs is 3. The first kappa shape index (κ1) is 17.8. The van der Waals surface area contributed by atoms with Gasteiger partial charge in [-0.05, 0) is 85.3 Å². The summed E-state index contributed by atoms with van der Waals surface area (Å²) in [5.41, 5.74) is 11.8. The van der Waals surface area contributed by atoms with Crippen LogP contribution in [0.15, 0.2) is 91.0 Å². The summed E-state index contributed by atoms with van der Waals surface area (Å²) >= 11 is 0. The Bertz CT molecular complexity index is 1110. The van der Waals surface area contributed by atoms with Crippen molar-refractivity contribution >= 4 is 17.1 Å². The Hall–Kier alpha value is -3.32. The lowest BCUT2D eigenvalue weighted by atomic mass is 9.85. The normalized spacial score (nSPS) is 12.2. The molecular weight excluding hydrogens is 350 g/mol. The van der Waals surface area contributed by atoms with E-state index >= 15 is 0 Å². The van der Waals surface area contributed by atoms with Gasteiger partial charge in [0.25, 0.3) is 0 Å². The van der Waals surface area contributed by atoms with Crippen molar-refractivity contribution in [2.75, 3.05) is 4.90 Å². The molecule has 0 heterocycles. The van der Waals surface area contributed by atoms with Crippen LogP contribution in [0.2, 0.25) is 0 Å². The molecule has 0 radical (unpaired) electrons. The summed E-state index contributed by atoms with van der Waals surface area (Å²) in [7, 11) is 0. The second-order valence-corrected chi connectivity index (χ2v) is 8.01. The van der Waals surface area contributed by atoms with Crippen molar-refractivity contribution in [3.05, 3.63) is 113 Å². The first-order chi connectivity index (χ1) is 14.2. The van der Waals surface area contributed by atoms with Crippen LogP contribution in [-0.4, -0.2) is 0 Å². The summed E-state index contributed by atoms with van der Waals surface area (Å²) in [4.78, 5) is 2.36. The molecule has 0 saturated carbocycles. The average molecular weight is 376 g/mol. The number of hydrogen-bond donors (Lipinski definition) is 0. The lowest BCUT2D eigenvalue weighted by molar-refractivity contribution is 0.941. The first-order valence-electron chi connectivity index (χ1n) is 10.3. The maximum atomic E-state index is 2.38. The molecular formula is C28H25N. The molecule has 1 nitrogen and oxygen atoms in total. The maximum absolute atomic E-state index is 2.38. The molecule has 4 aromatic carbocycles. The molecule has 1 aliphatic carbocycles. The SMILES string of the molecule is Cc1ccc(N(c2ccc(C)cc2)c2ccc3c(c2)CCc2ccccc2-3)cc1. The Morgan fingerprint density at radius 3 is 1.69 bits per heavy atom. The molecule has 1 aliphatic rings. The fraction of sp³-hybridized carbons (Fsp3) is 0.143. The molecule has 1 heteroatoms. The van der Waals surface area contributed by atoms with Crippen LogP contribution in [0.5, 0.6) is 0 Å². The van der Waals surface area contributed by atoms with E-state index in [-0.39, 0.29) is 0 Å². The molecule has 0 atom stereocenters. The third-order valence-corrected chi connectivity index (χ3v) is 5.90. The summed E-state index contributed by atoms with van der Waals surface area (Å²) in [6.45, 7) is 4.27. The predicted molar refractivity (Wildman–Crippen MR) is 123 cm³/mol. The third-order valence-electron chi connectivity index (χ3n) is 5.90. The van der Waals surface area contributed by atoms with Gasteiger partial charge in [0.15, 0.2) is 0 Å². The van der Waals surface area contributed by atoms with Crippen molar-refractivity contribution in [1.29, 1.82) is 0 Å². The Labute approximate surface area is 173 Å². The standard InChI is InChI=1S/C28H25N/c1-20-7-13-24(14-8-20)29(25-15-9-21(2)10-16-25)26-17-18-28-23(19-26)12-11-22-5-3-4-6-27(22)28/h3-10,13-19H,11-12H2,1-2H3. The molecule has 5 rings (SSSR count). The molecule has 29 heavy (non-hydrogen) atoms. The van der Waals surface area contributed by atoms with E-state index in [2.05, 4.69) is 110 Å². The van der Waals surface area contributed by atoms with Gasteiger partial charge >= 0.3 is 0 Å². The fourth-order valence-electron chi connectivity index (χ4n) is 4.29. The smallest absolute Gasteiger partial charge is 0.0464 e. The van der Waals surface area contributed by atoms with Crippen LogP contribution in [0, 0.1) is 13.8 Å². The average Bonchev–Trinajstić information content (AvgIpc) is 2.76. The van der Waals surface area contributed by atoms with Crippen LogP contribution in [0.4, 0.5) is 17.1 Å². The van der Waals surface area contributed by atoms with Crippen molar-refractivity contribution in [2.24, 2.45) is 0 Å². The number of rotatable bonds is 3. The molecule has 0 bridgehead atoms. The number of nitrogens with zero attached hydrogens (tertiary/aromatic N) is 1. The van der Waals surface area contributed by atoms with E-state index in [1.807, 2.05) is 0 Å². The van der Waals surface area contributed by atoms with Crippen molar-refractivity contribution < 1.29 is 0 Å². The van der Waals surface area contributed by atoms with Gasteiger partial charge in [-0.15, -0.1) is 0 Å². The maximum Gasteiger partial charge on any atom is 0.0464 e. The Kier molecular flexibility index (Phi) is 4.44. The second kappa shape index (κ2) is 7.25. The second-order valence-electron chi connectivity index (χ2n) is 8.01. The van der Waals surface area contributed by atoms with Gasteiger partial charge in [0.05, 0.1) is 0 Å². The lowest BCUT2D eigenvalue weighted by Gasteiger charge is -2.28. The van der Waals surface area contributed by atoms with Crippen molar-refractivity contribution in [3.8, 4) is 11.1 Å². The third kappa shape index (κ3) is 3.34. The summed E-state index contributed by atoms with van der Waals surface area (Å²) in [6, 6.07) is 33.3. The van der Waals surface area contributed by atoms with E-state index in [1.54, 1.807) is 0 Å². The van der Waals surface area contributed by atoms with E-state index in [4.69, 9.17) is 0 Å². The molecule has 0 spiro atoms. The number of hydrogen-bond acceptors (Lipinski definition) is 1. The van der Waals surface area contributed by atoms with Gasteiger partial charge in [0.1, 0.15) is 0 Å². The lowest BCUT2D eigenvalue weighted by Crippen LogP contribution is -2.12. The zero-order valence-corrected chi connectivity index (χ0v) is 17.0. The zero-order chi connectivity index (χ0) is 19.8. The molecule has 0 saturated heterocycles. The largest absolute Gasteiger partial charge is 0.310 e. The quantitative estimate of drug-likeness (QED) is 0.357. The molecule has 0 N–H and O–H groups in total. The topological polar surface area (TPSA) is 3.24 Å². The van der Waals surface area contributed by atoms with Crippen LogP contribution >= 0.6 is 0 Å². The molecule has 0 aromatic heterocycles. The number of benzene rings is 4. The highest BCUT2D eigenvalue weighted by atomic mass is 15.1. The van der Waals surface area contributed by atoms with Crippen LogP contribution in [-0.2, 0) is 12.8 Å². The first-order valence-corrected chi connectivity index (χ1v) is 10.3. The van der Waals surface area contributed by atoms with Gasteiger partial charge in [0.2, 0.25) is 0 Å². The summed E-state index contributed by atoms with van der Waals surface area (Å²) in [5, 5.41) is 0. The van der Waals surface area contributed by atoms with Crippen molar-refractivity contribution in [1.82, 2.24) is 0 Å².